The molecular weight excluding hydrogens is 202 g/mol. The van der Waals surface area contributed by atoms with Crippen LogP contribution in [0.5, 0.6) is 0 Å². The molecule has 0 aromatic rings. The zero-order chi connectivity index (χ0) is 11.8. The average Bonchev–Trinajstić information content (AvgIpc) is 2.27. The Hall–Kier alpha value is -1.06. The minimum atomic E-state index is -0.256. The Labute approximate surface area is 96.9 Å². The number of nitrogens with two attached hydrogens (primary N) is 1. The van der Waals surface area contributed by atoms with Crippen molar-refractivity contribution in [3.05, 3.63) is 0 Å². The highest BCUT2D eigenvalue weighted by Gasteiger charge is 2.41. The maximum Gasteiger partial charge on any atom is 0.231 e. The Bertz CT molecular complexity index is 320. The number of hydrogen-bond donors (Lipinski definition) is 1. The normalized spacial score (nSPS) is 32.8. The third kappa shape index (κ3) is 1.93. The van der Waals surface area contributed by atoms with Crippen LogP contribution in [0.2, 0.25) is 0 Å². The van der Waals surface area contributed by atoms with Gasteiger partial charge in [-0.1, -0.05) is 19.3 Å². The molecule has 0 bridgehead atoms. The van der Waals surface area contributed by atoms with Crippen LogP contribution in [-0.2, 0) is 4.79 Å². The first-order valence-corrected chi connectivity index (χ1v) is 6.15. The van der Waals surface area contributed by atoms with Crippen molar-refractivity contribution in [1.29, 1.82) is 0 Å². The number of carbonyl (C=O) groups is 1. The molecule has 1 heterocycles. The van der Waals surface area contributed by atoms with Crippen LogP contribution in [0, 0.1) is 5.92 Å². The molecule has 16 heavy (non-hydrogen) atoms. The van der Waals surface area contributed by atoms with E-state index in [2.05, 4.69) is 11.9 Å². The number of carbonyl (C=O) groups excluding carboxylic acids is 1. The molecule has 1 aliphatic heterocycles. The lowest BCUT2D eigenvalue weighted by Crippen LogP contribution is -2.51. The van der Waals surface area contributed by atoms with Crippen LogP contribution in [0.4, 0.5) is 0 Å². The molecule has 0 aromatic heterocycles. The van der Waals surface area contributed by atoms with Gasteiger partial charge in [-0.15, -0.1) is 0 Å². The predicted octanol–water partition coefficient (Wildman–Crippen LogP) is 1.50. The fourth-order valence-corrected chi connectivity index (χ4v) is 2.89. The standard InChI is InChI=1S/C12H21N3O/c1-12(9-6-4-3-5-7-9)8-10(16)15(2)11(13)14-12/h9H,3-8H2,1-2H3,(H2,13,14)/t12-/m0/s1. The van der Waals surface area contributed by atoms with E-state index in [-0.39, 0.29) is 11.4 Å². The van der Waals surface area contributed by atoms with Crippen molar-refractivity contribution in [2.24, 2.45) is 16.6 Å². The van der Waals surface area contributed by atoms with E-state index in [0.717, 1.165) is 0 Å². The van der Waals surface area contributed by atoms with Crippen LogP contribution in [0.3, 0.4) is 0 Å². The Kier molecular flexibility index (Phi) is 2.91. The van der Waals surface area contributed by atoms with Gasteiger partial charge in [0.1, 0.15) is 0 Å². The topological polar surface area (TPSA) is 58.7 Å². The molecule has 1 saturated carbocycles. The highest BCUT2D eigenvalue weighted by atomic mass is 16.2. The van der Waals surface area contributed by atoms with Gasteiger partial charge in [0.05, 0.1) is 12.0 Å². The molecular formula is C12H21N3O. The average molecular weight is 223 g/mol. The Morgan fingerprint density at radius 2 is 2.00 bits per heavy atom. The molecule has 1 aliphatic carbocycles. The van der Waals surface area contributed by atoms with Gasteiger partial charge in [0.25, 0.3) is 0 Å². The molecule has 2 aliphatic rings. The zero-order valence-corrected chi connectivity index (χ0v) is 10.2. The zero-order valence-electron chi connectivity index (χ0n) is 10.2. The van der Waals surface area contributed by atoms with Gasteiger partial charge in [0.2, 0.25) is 5.91 Å². The van der Waals surface area contributed by atoms with E-state index < -0.39 is 0 Å². The second-order valence-electron chi connectivity index (χ2n) is 5.29. The summed E-state index contributed by atoms with van der Waals surface area (Å²) >= 11 is 0. The van der Waals surface area contributed by atoms with Crippen molar-refractivity contribution >= 4 is 11.9 Å². The summed E-state index contributed by atoms with van der Waals surface area (Å²) < 4.78 is 0. The summed E-state index contributed by atoms with van der Waals surface area (Å²) in [5, 5.41) is 0. The largest absolute Gasteiger partial charge is 0.369 e. The molecule has 4 heteroatoms. The van der Waals surface area contributed by atoms with Crippen molar-refractivity contribution in [2.45, 2.75) is 51.0 Å². The van der Waals surface area contributed by atoms with E-state index in [1.165, 1.54) is 37.0 Å². The summed E-state index contributed by atoms with van der Waals surface area (Å²) in [7, 11) is 1.70. The molecule has 4 nitrogen and oxygen atoms in total. The van der Waals surface area contributed by atoms with Crippen LogP contribution in [0.25, 0.3) is 0 Å². The summed E-state index contributed by atoms with van der Waals surface area (Å²) in [5.74, 6) is 1.00. The molecule has 1 fully saturated rings. The molecule has 90 valence electrons. The number of amides is 1. The molecule has 1 atom stereocenters. The fraction of sp³-hybridized carbons (Fsp3) is 0.833. The van der Waals surface area contributed by atoms with E-state index in [0.29, 0.717) is 18.3 Å². The number of aliphatic imine (C=N–C) groups is 1. The van der Waals surface area contributed by atoms with Crippen LogP contribution in [-0.4, -0.2) is 29.4 Å². The molecule has 1 amide bonds. The minimum Gasteiger partial charge on any atom is -0.369 e. The lowest BCUT2D eigenvalue weighted by molar-refractivity contribution is -0.129. The number of nitrogens with zero attached hydrogens (tertiary/aromatic N) is 2. The predicted molar refractivity (Wildman–Crippen MR) is 64.0 cm³/mol. The molecule has 0 spiro atoms. The van der Waals surface area contributed by atoms with Gasteiger partial charge in [-0.25, -0.2) is 4.99 Å². The van der Waals surface area contributed by atoms with Crippen molar-refractivity contribution in [2.75, 3.05) is 7.05 Å². The van der Waals surface area contributed by atoms with E-state index in [1.807, 2.05) is 0 Å². The van der Waals surface area contributed by atoms with Gasteiger partial charge in [0.15, 0.2) is 5.96 Å². The van der Waals surface area contributed by atoms with Crippen LogP contribution in [0.1, 0.15) is 45.4 Å². The highest BCUT2D eigenvalue weighted by molar-refractivity contribution is 5.98. The van der Waals surface area contributed by atoms with Crippen LogP contribution in [0.15, 0.2) is 4.99 Å². The van der Waals surface area contributed by atoms with E-state index in [9.17, 15) is 4.79 Å². The second-order valence-corrected chi connectivity index (χ2v) is 5.29. The van der Waals surface area contributed by atoms with Crippen molar-refractivity contribution in [3.63, 3.8) is 0 Å². The molecule has 2 N–H and O–H groups in total. The first-order valence-electron chi connectivity index (χ1n) is 6.15. The highest BCUT2D eigenvalue weighted by Crippen LogP contribution is 2.38. The quantitative estimate of drug-likeness (QED) is 0.732. The molecule has 0 radical (unpaired) electrons. The van der Waals surface area contributed by atoms with Crippen molar-refractivity contribution in [3.8, 4) is 0 Å². The monoisotopic (exact) mass is 223 g/mol. The third-order valence-electron chi connectivity index (χ3n) is 4.08. The van der Waals surface area contributed by atoms with Gasteiger partial charge in [-0.05, 0) is 25.7 Å². The fourth-order valence-electron chi connectivity index (χ4n) is 2.89. The summed E-state index contributed by atoms with van der Waals surface area (Å²) in [6.07, 6.45) is 6.72. The van der Waals surface area contributed by atoms with Gasteiger partial charge >= 0.3 is 0 Å². The lowest BCUT2D eigenvalue weighted by Gasteiger charge is -2.40. The first kappa shape index (κ1) is 11.4. The van der Waals surface area contributed by atoms with E-state index >= 15 is 0 Å². The third-order valence-corrected chi connectivity index (χ3v) is 4.08. The summed E-state index contributed by atoms with van der Waals surface area (Å²) in [5.41, 5.74) is 5.55. The maximum absolute atomic E-state index is 11.8. The van der Waals surface area contributed by atoms with Gasteiger partial charge in [-0.3, -0.25) is 9.69 Å². The van der Waals surface area contributed by atoms with Crippen molar-refractivity contribution < 1.29 is 4.79 Å². The maximum atomic E-state index is 11.8. The first-order chi connectivity index (χ1) is 7.53. The molecule has 0 aromatic carbocycles. The Balaban J connectivity index is 2.20. The van der Waals surface area contributed by atoms with Gasteiger partial charge in [-0.2, -0.15) is 0 Å². The summed E-state index contributed by atoms with van der Waals surface area (Å²) in [6, 6.07) is 0. The number of rotatable bonds is 1. The van der Waals surface area contributed by atoms with Crippen LogP contribution < -0.4 is 5.73 Å². The van der Waals surface area contributed by atoms with E-state index in [1.54, 1.807) is 7.05 Å². The lowest BCUT2D eigenvalue weighted by atomic mass is 9.73. The smallest absolute Gasteiger partial charge is 0.231 e. The Morgan fingerprint density at radius 3 is 2.56 bits per heavy atom. The molecule has 2 rings (SSSR count). The Morgan fingerprint density at radius 1 is 1.38 bits per heavy atom. The van der Waals surface area contributed by atoms with Crippen LogP contribution >= 0.6 is 0 Å². The minimum absolute atomic E-state index is 0.0978. The van der Waals surface area contributed by atoms with Gasteiger partial charge < -0.3 is 5.73 Å². The van der Waals surface area contributed by atoms with E-state index in [4.69, 9.17) is 5.73 Å². The number of guanidine groups is 1. The number of hydrogen-bond acceptors (Lipinski definition) is 3. The summed E-state index contributed by atoms with van der Waals surface area (Å²) in [6.45, 7) is 2.08. The summed E-state index contributed by atoms with van der Waals surface area (Å²) in [4.78, 5) is 17.9. The van der Waals surface area contributed by atoms with Crippen molar-refractivity contribution in [1.82, 2.24) is 4.90 Å². The molecule has 0 unspecified atom stereocenters. The SMILES string of the molecule is CN1C(=O)C[C@@](C)(C2CCCCC2)N=C1N. The molecule has 0 saturated heterocycles. The van der Waals surface area contributed by atoms with Gasteiger partial charge in [0, 0.05) is 7.05 Å². The second kappa shape index (κ2) is 4.07.